The molecule has 0 fully saturated rings. The number of hydrogen-bond acceptors (Lipinski definition) is 2. The van der Waals surface area contributed by atoms with E-state index in [1.165, 1.54) is 0 Å². The summed E-state index contributed by atoms with van der Waals surface area (Å²) in [5.41, 5.74) is 2.62. The van der Waals surface area contributed by atoms with E-state index in [4.69, 9.17) is 0 Å². The average molecular weight is 322 g/mol. The molecule has 0 saturated heterocycles. The lowest BCUT2D eigenvalue weighted by Gasteiger charge is -2.05. The van der Waals surface area contributed by atoms with Crippen molar-refractivity contribution in [3.63, 3.8) is 0 Å². The normalized spacial score (nSPS) is 10.5. The van der Waals surface area contributed by atoms with Crippen LogP contribution in [0.3, 0.4) is 0 Å². The smallest absolute Gasteiger partial charge is 0.257 e. The van der Waals surface area contributed by atoms with Crippen molar-refractivity contribution in [1.29, 1.82) is 0 Å². The van der Waals surface area contributed by atoms with E-state index in [0.717, 1.165) is 28.6 Å². The lowest BCUT2D eigenvalue weighted by molar-refractivity contribution is 0.102. The second-order valence-electron chi connectivity index (χ2n) is 4.44. The van der Waals surface area contributed by atoms with Crippen LogP contribution in [-0.4, -0.2) is 16.1 Å². The SMILES string of the molecule is CCCc1cc(NC(=O)c2ccc(Br)cc2C)n[nH]1. The summed E-state index contributed by atoms with van der Waals surface area (Å²) < 4.78 is 0.964. The molecule has 19 heavy (non-hydrogen) atoms. The molecule has 2 rings (SSSR count). The minimum Gasteiger partial charge on any atom is -0.305 e. The molecule has 5 heteroatoms. The number of anilines is 1. The van der Waals surface area contributed by atoms with E-state index in [2.05, 4.69) is 38.4 Å². The van der Waals surface area contributed by atoms with Crippen LogP contribution in [0.15, 0.2) is 28.7 Å². The topological polar surface area (TPSA) is 57.8 Å². The van der Waals surface area contributed by atoms with Crippen LogP contribution in [0, 0.1) is 6.92 Å². The Labute approximate surface area is 120 Å². The quantitative estimate of drug-likeness (QED) is 0.902. The first-order chi connectivity index (χ1) is 9.10. The summed E-state index contributed by atoms with van der Waals surface area (Å²) in [6.07, 6.45) is 1.97. The van der Waals surface area contributed by atoms with Gasteiger partial charge in [-0.25, -0.2) is 0 Å². The number of aromatic nitrogens is 2. The highest BCUT2D eigenvalue weighted by molar-refractivity contribution is 9.10. The Morgan fingerprint density at radius 2 is 2.21 bits per heavy atom. The number of hydrogen-bond donors (Lipinski definition) is 2. The maximum atomic E-state index is 12.1. The molecule has 1 aromatic carbocycles. The first-order valence-electron chi connectivity index (χ1n) is 6.22. The fourth-order valence-corrected chi connectivity index (χ4v) is 2.36. The van der Waals surface area contributed by atoms with Gasteiger partial charge in [-0.2, -0.15) is 5.10 Å². The summed E-state index contributed by atoms with van der Waals surface area (Å²) in [5, 5.41) is 9.80. The molecule has 1 aromatic heterocycles. The zero-order valence-electron chi connectivity index (χ0n) is 11.0. The minimum absolute atomic E-state index is 0.139. The fourth-order valence-electron chi connectivity index (χ4n) is 1.89. The van der Waals surface area contributed by atoms with E-state index in [1.807, 2.05) is 25.1 Å². The number of rotatable bonds is 4. The van der Waals surface area contributed by atoms with E-state index in [9.17, 15) is 4.79 Å². The van der Waals surface area contributed by atoms with Crippen molar-refractivity contribution < 1.29 is 4.79 Å². The monoisotopic (exact) mass is 321 g/mol. The van der Waals surface area contributed by atoms with Gasteiger partial charge in [0.15, 0.2) is 5.82 Å². The molecule has 0 saturated carbocycles. The number of nitrogens with one attached hydrogen (secondary N) is 2. The molecule has 2 N–H and O–H groups in total. The van der Waals surface area contributed by atoms with E-state index in [-0.39, 0.29) is 5.91 Å². The summed E-state index contributed by atoms with van der Waals surface area (Å²) >= 11 is 3.38. The van der Waals surface area contributed by atoms with Crippen molar-refractivity contribution in [2.45, 2.75) is 26.7 Å². The van der Waals surface area contributed by atoms with Crippen molar-refractivity contribution in [2.75, 3.05) is 5.32 Å². The Kier molecular flexibility index (Phi) is 4.37. The van der Waals surface area contributed by atoms with Crippen molar-refractivity contribution in [3.05, 3.63) is 45.6 Å². The molecule has 0 aliphatic rings. The molecule has 4 nitrogen and oxygen atoms in total. The third-order valence-electron chi connectivity index (χ3n) is 2.82. The van der Waals surface area contributed by atoms with Crippen LogP contribution >= 0.6 is 15.9 Å². The van der Waals surface area contributed by atoms with Crippen LogP contribution in [0.25, 0.3) is 0 Å². The van der Waals surface area contributed by atoms with Gasteiger partial charge in [0.2, 0.25) is 0 Å². The molecule has 100 valence electrons. The van der Waals surface area contributed by atoms with Gasteiger partial charge in [0.25, 0.3) is 5.91 Å². The van der Waals surface area contributed by atoms with Gasteiger partial charge in [-0.1, -0.05) is 29.3 Å². The number of nitrogens with zero attached hydrogens (tertiary/aromatic N) is 1. The minimum atomic E-state index is -0.139. The number of aromatic amines is 1. The Hall–Kier alpha value is -1.62. The number of H-pyrrole nitrogens is 1. The second kappa shape index (κ2) is 6.02. The predicted molar refractivity (Wildman–Crippen MR) is 79.4 cm³/mol. The Morgan fingerprint density at radius 3 is 2.89 bits per heavy atom. The van der Waals surface area contributed by atoms with E-state index >= 15 is 0 Å². The van der Waals surface area contributed by atoms with Crippen LogP contribution in [0.2, 0.25) is 0 Å². The highest BCUT2D eigenvalue weighted by Gasteiger charge is 2.11. The van der Waals surface area contributed by atoms with Crippen LogP contribution in [0.1, 0.15) is 35.0 Å². The maximum Gasteiger partial charge on any atom is 0.257 e. The van der Waals surface area contributed by atoms with Crippen LogP contribution in [0.5, 0.6) is 0 Å². The second-order valence-corrected chi connectivity index (χ2v) is 5.36. The van der Waals surface area contributed by atoms with E-state index in [0.29, 0.717) is 11.4 Å². The number of aryl methyl sites for hydroxylation is 2. The van der Waals surface area contributed by atoms with Gasteiger partial charge in [-0.15, -0.1) is 0 Å². The number of halogens is 1. The van der Waals surface area contributed by atoms with Crippen LogP contribution in [0.4, 0.5) is 5.82 Å². The first-order valence-corrected chi connectivity index (χ1v) is 7.01. The molecule has 0 aliphatic heterocycles. The van der Waals surface area contributed by atoms with Crippen molar-refractivity contribution in [1.82, 2.24) is 10.2 Å². The van der Waals surface area contributed by atoms with Crippen molar-refractivity contribution in [2.24, 2.45) is 0 Å². The maximum absolute atomic E-state index is 12.1. The Bertz CT molecular complexity index is 592. The lowest BCUT2D eigenvalue weighted by atomic mass is 10.1. The summed E-state index contributed by atoms with van der Waals surface area (Å²) in [7, 11) is 0. The predicted octanol–water partition coefficient (Wildman–Crippen LogP) is 3.69. The number of carbonyl (C=O) groups excluding carboxylic acids is 1. The third-order valence-corrected chi connectivity index (χ3v) is 3.32. The van der Waals surface area contributed by atoms with E-state index < -0.39 is 0 Å². The highest BCUT2D eigenvalue weighted by atomic mass is 79.9. The first kappa shape index (κ1) is 13.8. The van der Waals surface area contributed by atoms with Gasteiger partial charge >= 0.3 is 0 Å². The molecule has 0 spiro atoms. The zero-order valence-corrected chi connectivity index (χ0v) is 12.5. The van der Waals surface area contributed by atoms with Gasteiger partial charge in [-0.3, -0.25) is 9.89 Å². The zero-order chi connectivity index (χ0) is 13.8. The van der Waals surface area contributed by atoms with Gasteiger partial charge in [-0.05, 0) is 37.1 Å². The molecule has 0 aliphatic carbocycles. The van der Waals surface area contributed by atoms with Gasteiger partial charge in [0.1, 0.15) is 0 Å². The molecule has 2 aromatic rings. The van der Waals surface area contributed by atoms with Crippen molar-refractivity contribution in [3.8, 4) is 0 Å². The van der Waals surface area contributed by atoms with E-state index in [1.54, 1.807) is 6.07 Å². The fraction of sp³-hybridized carbons (Fsp3) is 0.286. The summed E-state index contributed by atoms with van der Waals surface area (Å²) in [6.45, 7) is 4.01. The van der Waals surface area contributed by atoms with Gasteiger partial charge in [0.05, 0.1) is 0 Å². The summed E-state index contributed by atoms with van der Waals surface area (Å²) in [4.78, 5) is 12.1. The average Bonchev–Trinajstić information content (AvgIpc) is 2.76. The molecule has 0 bridgehead atoms. The molecule has 0 unspecified atom stereocenters. The molecule has 0 radical (unpaired) electrons. The van der Waals surface area contributed by atoms with Crippen LogP contribution < -0.4 is 5.32 Å². The molecule has 0 atom stereocenters. The Morgan fingerprint density at radius 1 is 1.42 bits per heavy atom. The molecule has 1 heterocycles. The molecular weight excluding hydrogens is 306 g/mol. The third kappa shape index (κ3) is 3.44. The Balaban J connectivity index is 2.11. The molecule has 1 amide bonds. The van der Waals surface area contributed by atoms with Gasteiger partial charge in [0, 0.05) is 21.8 Å². The largest absolute Gasteiger partial charge is 0.305 e. The summed E-state index contributed by atoms with van der Waals surface area (Å²) in [5.74, 6) is 0.426. The number of carbonyl (C=O) groups is 1. The van der Waals surface area contributed by atoms with Crippen molar-refractivity contribution >= 4 is 27.7 Å². The number of benzene rings is 1. The standard InChI is InChI=1S/C14H16BrN3O/c1-3-4-11-8-13(18-17-11)16-14(19)12-6-5-10(15)7-9(12)2/h5-8H,3-4H2,1-2H3,(H2,16,17,18,19). The summed E-state index contributed by atoms with van der Waals surface area (Å²) in [6, 6.07) is 7.45. The molecular formula is C14H16BrN3O. The van der Waals surface area contributed by atoms with Crippen LogP contribution in [-0.2, 0) is 6.42 Å². The highest BCUT2D eigenvalue weighted by Crippen LogP contribution is 2.17. The number of amides is 1. The lowest BCUT2D eigenvalue weighted by Crippen LogP contribution is -2.13. The van der Waals surface area contributed by atoms with Gasteiger partial charge < -0.3 is 5.32 Å².